The maximum atomic E-state index is 5.36. The maximum absolute atomic E-state index is 5.36. The van der Waals surface area contributed by atoms with E-state index in [0.717, 1.165) is 28.4 Å². The lowest BCUT2D eigenvalue weighted by molar-refractivity contribution is 0.415. The Morgan fingerprint density at radius 1 is 1.33 bits per heavy atom. The van der Waals surface area contributed by atoms with Gasteiger partial charge in [-0.3, -0.25) is 0 Å². The van der Waals surface area contributed by atoms with Crippen LogP contribution in [0.2, 0.25) is 0 Å². The molecule has 1 aromatic rings. The molecule has 0 aliphatic heterocycles. The van der Waals surface area contributed by atoms with Gasteiger partial charge in [0, 0.05) is 11.0 Å². The van der Waals surface area contributed by atoms with Crippen LogP contribution in [-0.4, -0.2) is 13.7 Å². The monoisotopic (exact) mass is 313 g/mol. The Labute approximate surface area is 119 Å². The van der Waals surface area contributed by atoms with Crippen molar-refractivity contribution in [2.45, 2.75) is 39.5 Å². The zero-order chi connectivity index (χ0) is 13.4. The lowest BCUT2D eigenvalue weighted by Gasteiger charge is -2.18. The van der Waals surface area contributed by atoms with Crippen LogP contribution < -0.4 is 10.1 Å². The van der Waals surface area contributed by atoms with Gasteiger partial charge in [-0.05, 0) is 30.5 Å². The SMILES string of the molecule is CCCCC(CC)CNc1cc(Br)ccc1OC. The molecular formula is C15H24BrNO. The summed E-state index contributed by atoms with van der Waals surface area (Å²) < 4.78 is 6.44. The number of methoxy groups -OCH3 is 1. The first kappa shape index (κ1) is 15.4. The van der Waals surface area contributed by atoms with Crippen LogP contribution >= 0.6 is 15.9 Å². The Balaban J connectivity index is 2.57. The minimum absolute atomic E-state index is 0.744. The van der Waals surface area contributed by atoms with E-state index in [2.05, 4.69) is 41.2 Å². The molecule has 102 valence electrons. The van der Waals surface area contributed by atoms with Gasteiger partial charge >= 0.3 is 0 Å². The Morgan fingerprint density at radius 3 is 2.72 bits per heavy atom. The fourth-order valence-electron chi connectivity index (χ4n) is 2.02. The van der Waals surface area contributed by atoms with Crippen molar-refractivity contribution in [2.24, 2.45) is 5.92 Å². The first-order valence-corrected chi connectivity index (χ1v) is 7.57. The van der Waals surface area contributed by atoms with Gasteiger partial charge in [-0.2, -0.15) is 0 Å². The molecule has 1 rings (SSSR count). The van der Waals surface area contributed by atoms with Crippen molar-refractivity contribution < 1.29 is 4.74 Å². The average Bonchev–Trinajstić information content (AvgIpc) is 2.39. The van der Waals surface area contributed by atoms with E-state index in [-0.39, 0.29) is 0 Å². The van der Waals surface area contributed by atoms with E-state index in [4.69, 9.17) is 4.74 Å². The summed E-state index contributed by atoms with van der Waals surface area (Å²) in [7, 11) is 1.71. The lowest BCUT2D eigenvalue weighted by atomic mass is 9.99. The first-order valence-electron chi connectivity index (χ1n) is 6.78. The highest BCUT2D eigenvalue weighted by Gasteiger charge is 2.08. The predicted octanol–water partition coefficient (Wildman–Crippen LogP) is 5.09. The third-order valence-electron chi connectivity index (χ3n) is 3.29. The Hall–Kier alpha value is -0.700. The van der Waals surface area contributed by atoms with Crippen LogP contribution in [0.4, 0.5) is 5.69 Å². The van der Waals surface area contributed by atoms with Crippen LogP contribution in [0, 0.1) is 5.92 Å². The molecule has 0 heterocycles. The van der Waals surface area contributed by atoms with Crippen LogP contribution in [0.3, 0.4) is 0 Å². The molecule has 1 N–H and O–H groups in total. The number of anilines is 1. The first-order chi connectivity index (χ1) is 8.71. The molecule has 0 aromatic heterocycles. The van der Waals surface area contributed by atoms with Gasteiger partial charge in [0.25, 0.3) is 0 Å². The van der Waals surface area contributed by atoms with Gasteiger partial charge in [0.2, 0.25) is 0 Å². The zero-order valence-corrected chi connectivity index (χ0v) is 13.2. The molecule has 0 saturated carbocycles. The third kappa shape index (κ3) is 4.89. The molecule has 0 radical (unpaired) electrons. The molecule has 0 aliphatic carbocycles. The number of rotatable bonds is 8. The fourth-order valence-corrected chi connectivity index (χ4v) is 2.38. The van der Waals surface area contributed by atoms with Crippen LogP contribution in [-0.2, 0) is 0 Å². The Morgan fingerprint density at radius 2 is 2.11 bits per heavy atom. The number of benzene rings is 1. The standard InChI is InChI=1S/C15H24BrNO/c1-4-6-7-12(5-2)11-17-14-10-13(16)8-9-15(14)18-3/h8-10,12,17H,4-7,11H2,1-3H3. The van der Waals surface area contributed by atoms with E-state index in [1.54, 1.807) is 7.11 Å². The lowest BCUT2D eigenvalue weighted by Crippen LogP contribution is -2.14. The van der Waals surface area contributed by atoms with Gasteiger partial charge in [0.15, 0.2) is 0 Å². The molecule has 3 heteroatoms. The highest BCUT2D eigenvalue weighted by atomic mass is 79.9. The van der Waals surface area contributed by atoms with E-state index in [1.165, 1.54) is 25.7 Å². The van der Waals surface area contributed by atoms with Crippen LogP contribution in [0.5, 0.6) is 5.75 Å². The Kier molecular flexibility index (Phi) is 7.18. The number of hydrogen-bond acceptors (Lipinski definition) is 2. The molecule has 1 aromatic carbocycles. The summed E-state index contributed by atoms with van der Waals surface area (Å²) in [5.74, 6) is 1.65. The minimum Gasteiger partial charge on any atom is -0.495 e. The number of ether oxygens (including phenoxy) is 1. The summed E-state index contributed by atoms with van der Waals surface area (Å²) in [5, 5.41) is 3.51. The van der Waals surface area contributed by atoms with Gasteiger partial charge < -0.3 is 10.1 Å². The minimum atomic E-state index is 0.744. The van der Waals surface area contributed by atoms with Gasteiger partial charge in [0.1, 0.15) is 5.75 Å². The van der Waals surface area contributed by atoms with Crippen LogP contribution in [0.25, 0.3) is 0 Å². The van der Waals surface area contributed by atoms with Gasteiger partial charge in [-0.15, -0.1) is 0 Å². The molecule has 1 atom stereocenters. The van der Waals surface area contributed by atoms with E-state index in [1.807, 2.05) is 12.1 Å². The molecule has 0 aliphatic rings. The number of unbranched alkanes of at least 4 members (excludes halogenated alkanes) is 1. The number of nitrogens with one attached hydrogen (secondary N) is 1. The molecule has 0 spiro atoms. The van der Waals surface area contributed by atoms with E-state index in [9.17, 15) is 0 Å². The van der Waals surface area contributed by atoms with Gasteiger partial charge in [0.05, 0.1) is 12.8 Å². The Bertz CT molecular complexity index is 354. The molecule has 2 nitrogen and oxygen atoms in total. The molecule has 0 bridgehead atoms. The third-order valence-corrected chi connectivity index (χ3v) is 3.78. The summed E-state index contributed by atoms with van der Waals surface area (Å²) in [6.07, 6.45) is 5.12. The molecule has 0 amide bonds. The second-order valence-electron chi connectivity index (χ2n) is 4.64. The normalized spacial score (nSPS) is 12.2. The summed E-state index contributed by atoms with van der Waals surface area (Å²) >= 11 is 3.50. The van der Waals surface area contributed by atoms with Crippen LogP contribution in [0.1, 0.15) is 39.5 Å². The van der Waals surface area contributed by atoms with Crippen molar-refractivity contribution >= 4 is 21.6 Å². The summed E-state index contributed by atoms with van der Waals surface area (Å²) in [6, 6.07) is 6.06. The van der Waals surface area contributed by atoms with Crippen molar-refractivity contribution in [3.63, 3.8) is 0 Å². The highest BCUT2D eigenvalue weighted by Crippen LogP contribution is 2.28. The van der Waals surface area contributed by atoms with Gasteiger partial charge in [-0.1, -0.05) is 49.0 Å². The quantitative estimate of drug-likeness (QED) is 0.722. The zero-order valence-electron chi connectivity index (χ0n) is 11.6. The second kappa shape index (κ2) is 8.41. The van der Waals surface area contributed by atoms with Crippen molar-refractivity contribution in [3.05, 3.63) is 22.7 Å². The van der Waals surface area contributed by atoms with Crippen molar-refractivity contribution in [3.8, 4) is 5.75 Å². The average molecular weight is 314 g/mol. The molecule has 18 heavy (non-hydrogen) atoms. The maximum Gasteiger partial charge on any atom is 0.142 e. The summed E-state index contributed by atoms with van der Waals surface area (Å²) in [4.78, 5) is 0. The fraction of sp³-hybridized carbons (Fsp3) is 0.600. The van der Waals surface area contributed by atoms with Crippen molar-refractivity contribution in [1.82, 2.24) is 0 Å². The van der Waals surface area contributed by atoms with Crippen molar-refractivity contribution in [2.75, 3.05) is 19.0 Å². The predicted molar refractivity (Wildman–Crippen MR) is 82.5 cm³/mol. The summed E-state index contributed by atoms with van der Waals surface area (Å²) in [5.41, 5.74) is 1.07. The number of hydrogen-bond donors (Lipinski definition) is 1. The van der Waals surface area contributed by atoms with Crippen molar-refractivity contribution in [1.29, 1.82) is 0 Å². The highest BCUT2D eigenvalue weighted by molar-refractivity contribution is 9.10. The summed E-state index contributed by atoms with van der Waals surface area (Å²) in [6.45, 7) is 5.53. The largest absolute Gasteiger partial charge is 0.495 e. The molecule has 1 unspecified atom stereocenters. The molecular weight excluding hydrogens is 290 g/mol. The second-order valence-corrected chi connectivity index (χ2v) is 5.56. The number of halogens is 1. The van der Waals surface area contributed by atoms with E-state index >= 15 is 0 Å². The topological polar surface area (TPSA) is 21.3 Å². The van der Waals surface area contributed by atoms with E-state index in [0.29, 0.717) is 0 Å². The van der Waals surface area contributed by atoms with Crippen LogP contribution in [0.15, 0.2) is 22.7 Å². The molecule has 0 fully saturated rings. The van der Waals surface area contributed by atoms with Gasteiger partial charge in [-0.25, -0.2) is 0 Å². The smallest absolute Gasteiger partial charge is 0.142 e. The molecule has 0 saturated heterocycles. The van der Waals surface area contributed by atoms with E-state index < -0.39 is 0 Å².